The molecule has 0 fully saturated rings. The maximum atomic E-state index is 13.1. The molecule has 1 nitrogen and oxygen atoms in total. The van der Waals surface area contributed by atoms with Crippen LogP contribution in [0.5, 0.6) is 5.75 Å². The summed E-state index contributed by atoms with van der Waals surface area (Å²) in [5, 5.41) is 0. The average Bonchev–Trinajstić information content (AvgIpc) is 2.15. The van der Waals surface area contributed by atoms with Crippen LogP contribution < -0.4 is 61.6 Å². The third-order valence-corrected chi connectivity index (χ3v) is 1.98. The molecule has 88 valence electrons. The molecule has 17 heavy (non-hydrogen) atoms. The molecule has 0 N–H and O–H groups in total. The zero-order chi connectivity index (χ0) is 12.3. The Hall–Kier alpha value is 0.181. The fraction of sp³-hybridized carbons (Fsp3) is 0.200. The molecule has 7 heteroatoms. The van der Waals surface area contributed by atoms with Gasteiger partial charge in [-0.05, 0) is 13.0 Å². The van der Waals surface area contributed by atoms with Crippen LogP contribution in [0.4, 0.5) is 17.3 Å². The second-order valence-electron chi connectivity index (χ2n) is 3.32. The van der Waals surface area contributed by atoms with Gasteiger partial charge in [-0.15, -0.1) is 0 Å². The number of hydrogen-bond acceptors (Lipinski definition) is 1. The van der Waals surface area contributed by atoms with E-state index in [1.165, 1.54) is 6.08 Å². The minimum absolute atomic E-state index is 0. The Kier molecular flexibility index (Phi) is 7.01. The molecule has 0 spiro atoms. The Bertz CT molecular complexity index is 394. The van der Waals surface area contributed by atoms with Crippen molar-refractivity contribution >= 4 is 12.4 Å². The molecule has 0 aliphatic carbocycles. The number of hydrogen-bond donors (Lipinski definition) is 0. The van der Waals surface area contributed by atoms with Crippen LogP contribution in [0.25, 0.3) is 0 Å². The van der Waals surface area contributed by atoms with Crippen LogP contribution >= 0.6 is 0 Å². The summed E-state index contributed by atoms with van der Waals surface area (Å²) in [6.45, 7) is -0.238. The molecular weight excluding hydrogens is 262 g/mol. The first-order chi connectivity index (χ1) is 7.34. The van der Waals surface area contributed by atoms with Gasteiger partial charge in [-0.1, -0.05) is 24.2 Å². The van der Waals surface area contributed by atoms with Gasteiger partial charge in [0, 0.05) is 6.07 Å². The standard InChI is InChI=1S/C10H10BF4O.K/c1-3-7(2)16-8-4-5-9(10(12)6-8)11(13,14)15;/h3-7H,1H2,2H3;/q-1;+1. The Labute approximate surface area is 140 Å². The summed E-state index contributed by atoms with van der Waals surface area (Å²) in [4.78, 5) is 0. The molecule has 0 aliphatic heterocycles. The van der Waals surface area contributed by atoms with Crippen LogP contribution in [0.3, 0.4) is 0 Å². The quantitative estimate of drug-likeness (QED) is 0.420. The maximum Gasteiger partial charge on any atom is 1.00 e. The number of ether oxygens (including phenoxy) is 1. The van der Waals surface area contributed by atoms with E-state index in [0.717, 1.165) is 12.1 Å². The van der Waals surface area contributed by atoms with E-state index in [-0.39, 0.29) is 63.2 Å². The van der Waals surface area contributed by atoms with E-state index in [0.29, 0.717) is 6.07 Å². The van der Waals surface area contributed by atoms with Gasteiger partial charge in [0.05, 0.1) is 5.82 Å². The van der Waals surface area contributed by atoms with Crippen molar-refractivity contribution in [1.29, 1.82) is 0 Å². The fourth-order valence-corrected chi connectivity index (χ4v) is 1.11. The summed E-state index contributed by atoms with van der Waals surface area (Å²) >= 11 is 0. The molecule has 0 radical (unpaired) electrons. The van der Waals surface area contributed by atoms with Gasteiger partial charge in [0.15, 0.2) is 0 Å². The third-order valence-electron chi connectivity index (χ3n) is 1.98. The monoisotopic (exact) mass is 272 g/mol. The van der Waals surface area contributed by atoms with Crippen molar-refractivity contribution in [2.24, 2.45) is 0 Å². The summed E-state index contributed by atoms with van der Waals surface area (Å²) in [5.74, 6) is -1.27. The molecule has 0 saturated carbocycles. The van der Waals surface area contributed by atoms with Crippen molar-refractivity contribution in [3.8, 4) is 5.75 Å². The largest absolute Gasteiger partial charge is 1.00 e. The zero-order valence-electron chi connectivity index (χ0n) is 9.59. The van der Waals surface area contributed by atoms with Crippen LogP contribution in [0.2, 0.25) is 0 Å². The molecule has 0 saturated heterocycles. The molecular formula is C10H10BF4KO. The van der Waals surface area contributed by atoms with E-state index in [9.17, 15) is 17.3 Å². The molecule has 1 atom stereocenters. The topological polar surface area (TPSA) is 9.23 Å². The van der Waals surface area contributed by atoms with Crippen LogP contribution in [0.15, 0.2) is 30.9 Å². The SMILES string of the molecule is C=CC(C)Oc1ccc([B-](F)(F)F)c(F)c1.[K+]. The third kappa shape index (κ3) is 5.13. The van der Waals surface area contributed by atoms with Crippen LogP contribution in [0.1, 0.15) is 6.92 Å². The van der Waals surface area contributed by atoms with Crippen LogP contribution in [0, 0.1) is 5.82 Å². The summed E-state index contributed by atoms with van der Waals surface area (Å²) in [6, 6.07) is 2.50. The summed E-state index contributed by atoms with van der Waals surface area (Å²) in [7, 11) is 0. The van der Waals surface area contributed by atoms with Gasteiger partial charge in [0.1, 0.15) is 11.9 Å². The predicted octanol–water partition coefficient (Wildman–Crippen LogP) is -0.163. The summed E-state index contributed by atoms with van der Waals surface area (Å²) < 4.78 is 55.0. The second kappa shape index (κ2) is 6.94. The number of benzene rings is 1. The predicted molar refractivity (Wildman–Crippen MR) is 55.4 cm³/mol. The van der Waals surface area contributed by atoms with E-state index < -0.39 is 18.3 Å². The molecule has 1 aromatic rings. The Balaban J connectivity index is 0.00000256. The molecule has 0 amide bonds. The van der Waals surface area contributed by atoms with E-state index in [1.807, 2.05) is 0 Å². The Morgan fingerprint density at radius 2 is 1.94 bits per heavy atom. The van der Waals surface area contributed by atoms with Gasteiger partial charge >= 0.3 is 58.4 Å². The Morgan fingerprint density at radius 3 is 2.35 bits per heavy atom. The molecule has 0 aromatic heterocycles. The van der Waals surface area contributed by atoms with Gasteiger partial charge in [-0.2, -0.15) is 0 Å². The number of rotatable bonds is 4. The van der Waals surface area contributed by atoms with Gasteiger partial charge in [-0.3, -0.25) is 0 Å². The fourth-order valence-electron chi connectivity index (χ4n) is 1.11. The minimum atomic E-state index is -5.32. The van der Waals surface area contributed by atoms with Gasteiger partial charge < -0.3 is 17.7 Å². The van der Waals surface area contributed by atoms with Crippen molar-refractivity contribution in [2.75, 3.05) is 0 Å². The Morgan fingerprint density at radius 1 is 1.35 bits per heavy atom. The first-order valence-corrected chi connectivity index (χ1v) is 4.63. The van der Waals surface area contributed by atoms with Crippen molar-refractivity contribution in [2.45, 2.75) is 13.0 Å². The van der Waals surface area contributed by atoms with Crippen molar-refractivity contribution in [3.05, 3.63) is 36.7 Å². The molecule has 0 aliphatic rings. The zero-order valence-corrected chi connectivity index (χ0v) is 12.7. The van der Waals surface area contributed by atoms with Crippen molar-refractivity contribution in [3.63, 3.8) is 0 Å². The molecule has 0 bridgehead atoms. The van der Waals surface area contributed by atoms with E-state index >= 15 is 0 Å². The average molecular weight is 272 g/mol. The minimum Gasteiger partial charge on any atom is -0.487 e. The van der Waals surface area contributed by atoms with E-state index in [2.05, 4.69) is 6.58 Å². The van der Waals surface area contributed by atoms with Crippen LogP contribution in [-0.2, 0) is 0 Å². The van der Waals surface area contributed by atoms with Crippen LogP contribution in [-0.4, -0.2) is 13.1 Å². The van der Waals surface area contributed by atoms with Gasteiger partial charge in [0.25, 0.3) is 0 Å². The normalized spacial score (nSPS) is 12.5. The summed E-state index contributed by atoms with van der Waals surface area (Å²) in [5.41, 5.74) is -1.24. The van der Waals surface area contributed by atoms with E-state index in [1.54, 1.807) is 6.92 Å². The molecule has 1 aromatic carbocycles. The number of halogens is 4. The van der Waals surface area contributed by atoms with E-state index in [4.69, 9.17) is 4.74 Å². The second-order valence-corrected chi connectivity index (χ2v) is 3.32. The summed E-state index contributed by atoms with van der Waals surface area (Å²) in [6.07, 6.45) is 1.07. The molecule has 1 rings (SSSR count). The van der Waals surface area contributed by atoms with Crippen molar-refractivity contribution in [1.82, 2.24) is 0 Å². The smallest absolute Gasteiger partial charge is 0.487 e. The first kappa shape index (κ1) is 17.2. The maximum absolute atomic E-state index is 13.1. The van der Waals surface area contributed by atoms with Gasteiger partial charge in [-0.25, -0.2) is 4.39 Å². The molecule has 0 heterocycles. The molecule has 1 unspecified atom stereocenters. The van der Waals surface area contributed by atoms with Crippen molar-refractivity contribution < 1.29 is 73.5 Å². The first-order valence-electron chi connectivity index (χ1n) is 4.63. The van der Waals surface area contributed by atoms with Gasteiger partial charge in [0.2, 0.25) is 0 Å².